The summed E-state index contributed by atoms with van der Waals surface area (Å²) in [6.45, 7) is 0.491. The van der Waals surface area contributed by atoms with Crippen molar-refractivity contribution in [3.8, 4) is 11.1 Å². The van der Waals surface area contributed by atoms with E-state index in [1.165, 1.54) is 36.4 Å². The zero-order chi connectivity index (χ0) is 26.5. The van der Waals surface area contributed by atoms with Crippen LogP contribution in [0.3, 0.4) is 0 Å². The number of likely N-dealkylation sites (tertiary alicyclic amines) is 1. The van der Waals surface area contributed by atoms with E-state index in [-0.39, 0.29) is 29.7 Å². The highest BCUT2D eigenvalue weighted by molar-refractivity contribution is 7.89. The van der Waals surface area contributed by atoms with Crippen molar-refractivity contribution >= 4 is 15.9 Å². The van der Waals surface area contributed by atoms with Crippen LogP contribution >= 0.6 is 0 Å². The van der Waals surface area contributed by atoms with E-state index in [0.29, 0.717) is 19.8 Å². The number of aliphatic hydroxyl groups is 1. The third-order valence-electron chi connectivity index (χ3n) is 7.03. The zero-order valence-corrected chi connectivity index (χ0v) is 20.0. The van der Waals surface area contributed by atoms with Crippen LogP contribution in [0.15, 0.2) is 42.5 Å². The largest absolute Gasteiger partial charge is 0.375 e. The van der Waals surface area contributed by atoms with Crippen LogP contribution in [0.25, 0.3) is 11.1 Å². The Morgan fingerprint density at radius 3 is 2.47 bits per heavy atom. The first-order valence-corrected chi connectivity index (χ1v) is 12.9. The van der Waals surface area contributed by atoms with Gasteiger partial charge in [-0.3, -0.25) is 4.79 Å². The molecule has 1 heterocycles. The molecule has 0 bridgehead atoms. The van der Waals surface area contributed by atoms with Crippen LogP contribution in [0.2, 0.25) is 0 Å². The van der Waals surface area contributed by atoms with E-state index < -0.39 is 63.1 Å². The fourth-order valence-electron chi connectivity index (χ4n) is 4.88. The molecule has 0 aromatic heterocycles. The van der Waals surface area contributed by atoms with Crippen LogP contribution < -0.4 is 4.72 Å². The highest BCUT2D eigenvalue weighted by Crippen LogP contribution is 2.56. The maximum Gasteiger partial charge on any atom is 0.275 e. The number of carbonyl (C=O) groups is 1. The first kappa shape index (κ1) is 26.5. The Hall–Kier alpha value is -2.57. The van der Waals surface area contributed by atoms with Crippen LogP contribution in [-0.4, -0.2) is 61.0 Å². The summed E-state index contributed by atoms with van der Waals surface area (Å²) in [6.07, 6.45) is -2.90. The van der Waals surface area contributed by atoms with Gasteiger partial charge in [0.2, 0.25) is 21.6 Å². The Morgan fingerprint density at radius 2 is 1.89 bits per heavy atom. The maximum absolute atomic E-state index is 15.6. The molecule has 2 fully saturated rings. The van der Waals surface area contributed by atoms with Gasteiger partial charge in [-0.2, -0.15) is 0 Å². The summed E-state index contributed by atoms with van der Waals surface area (Å²) in [5.41, 5.74) is -3.62. The minimum atomic E-state index is -4.43. The van der Waals surface area contributed by atoms with Gasteiger partial charge in [-0.15, -0.1) is 0 Å². The summed E-state index contributed by atoms with van der Waals surface area (Å²) in [5, 5.41) is 10.2. The van der Waals surface area contributed by atoms with Crippen molar-refractivity contribution in [3.63, 3.8) is 0 Å². The number of benzene rings is 2. The van der Waals surface area contributed by atoms with Gasteiger partial charge in [0, 0.05) is 23.6 Å². The van der Waals surface area contributed by atoms with Crippen molar-refractivity contribution in [2.75, 3.05) is 12.6 Å². The van der Waals surface area contributed by atoms with Crippen molar-refractivity contribution in [2.45, 2.75) is 50.3 Å². The zero-order valence-electron chi connectivity index (χ0n) is 19.2. The Bertz CT molecular complexity index is 1270. The smallest absolute Gasteiger partial charge is 0.275 e. The number of alkyl halides is 3. The second-order valence-corrected chi connectivity index (χ2v) is 11.3. The summed E-state index contributed by atoms with van der Waals surface area (Å²) >= 11 is 0. The first-order chi connectivity index (χ1) is 16.8. The molecule has 2 aromatic carbocycles. The molecule has 4 rings (SSSR count). The molecule has 0 radical (unpaired) electrons. The third-order valence-corrected chi connectivity index (χ3v) is 7.93. The van der Waals surface area contributed by atoms with Gasteiger partial charge in [-0.05, 0) is 49.4 Å². The molecule has 2 aromatic rings. The van der Waals surface area contributed by atoms with Gasteiger partial charge in [0.15, 0.2) is 0 Å². The van der Waals surface area contributed by atoms with Crippen molar-refractivity contribution in [1.82, 2.24) is 9.62 Å². The molecule has 196 valence electrons. The van der Waals surface area contributed by atoms with Crippen molar-refractivity contribution < 1.29 is 40.3 Å². The van der Waals surface area contributed by atoms with Crippen molar-refractivity contribution in [3.05, 3.63) is 59.7 Å². The molecule has 2 aliphatic rings. The summed E-state index contributed by atoms with van der Waals surface area (Å²) in [5.74, 6) is -2.69. The number of hydrogen-bond donors (Lipinski definition) is 2. The van der Waals surface area contributed by atoms with Gasteiger partial charge in [0.05, 0.1) is 6.04 Å². The Labute approximate surface area is 205 Å². The molecule has 12 heteroatoms. The molecule has 36 heavy (non-hydrogen) atoms. The number of amides is 1. The number of rotatable bonds is 8. The molecular weight excluding hydrogens is 507 g/mol. The molecule has 1 spiro atoms. The molecule has 2 N–H and O–H groups in total. The van der Waals surface area contributed by atoms with E-state index in [1.54, 1.807) is 0 Å². The Kier molecular flexibility index (Phi) is 6.91. The predicted octanol–water partition coefficient (Wildman–Crippen LogP) is 3.40. The molecule has 1 aliphatic heterocycles. The molecule has 3 atom stereocenters. The second-order valence-electron chi connectivity index (χ2n) is 9.62. The predicted molar refractivity (Wildman–Crippen MR) is 121 cm³/mol. The fourth-order valence-corrected chi connectivity index (χ4v) is 5.73. The van der Waals surface area contributed by atoms with Crippen LogP contribution in [0.4, 0.5) is 22.0 Å². The minimum Gasteiger partial charge on any atom is -0.375 e. The van der Waals surface area contributed by atoms with E-state index in [2.05, 4.69) is 4.72 Å². The molecule has 1 saturated carbocycles. The molecule has 1 amide bonds. The van der Waals surface area contributed by atoms with Gasteiger partial charge in [0.1, 0.15) is 11.6 Å². The summed E-state index contributed by atoms with van der Waals surface area (Å²) < 4.78 is 95.9. The normalized spacial score (nSPS) is 22.7. The maximum atomic E-state index is 15.6. The average molecular weight is 533 g/mol. The van der Waals surface area contributed by atoms with Crippen LogP contribution in [0.5, 0.6) is 0 Å². The van der Waals surface area contributed by atoms with Crippen LogP contribution in [-0.2, 0) is 21.2 Å². The molecule has 6 nitrogen and oxygen atoms in total. The van der Waals surface area contributed by atoms with Crippen LogP contribution in [0.1, 0.15) is 25.3 Å². The summed E-state index contributed by atoms with van der Waals surface area (Å²) in [7, 11) is -4.43. The van der Waals surface area contributed by atoms with Crippen molar-refractivity contribution in [2.24, 2.45) is 5.41 Å². The van der Waals surface area contributed by atoms with E-state index in [1.807, 2.05) is 0 Å². The average Bonchev–Trinajstić information content (AvgIpc) is 3.55. The Balaban J connectivity index is 1.76. The van der Waals surface area contributed by atoms with Gasteiger partial charge in [-0.25, -0.2) is 35.1 Å². The Morgan fingerprint density at radius 1 is 1.22 bits per heavy atom. The highest BCUT2D eigenvalue weighted by atomic mass is 32.2. The SMILES string of the molecule is CC(O)(C(=O)N1CC2(CC2)[C@H](NS(=O)(=O)CF)[C@@H]1Cc1cccc(-c2cccc(F)c2)c1F)C(F)F. The minimum absolute atomic E-state index is 0.0124. The number of halogens is 5. The number of nitrogens with one attached hydrogen (secondary N) is 1. The first-order valence-electron chi connectivity index (χ1n) is 11.2. The lowest BCUT2D eigenvalue weighted by Crippen LogP contribution is -2.56. The molecule has 1 aliphatic carbocycles. The highest BCUT2D eigenvalue weighted by Gasteiger charge is 2.63. The lowest BCUT2D eigenvalue weighted by molar-refractivity contribution is -0.166. The second kappa shape index (κ2) is 9.38. The van der Waals surface area contributed by atoms with Gasteiger partial charge >= 0.3 is 0 Å². The number of sulfonamides is 1. The van der Waals surface area contributed by atoms with E-state index in [4.69, 9.17) is 0 Å². The number of hydrogen-bond acceptors (Lipinski definition) is 4. The van der Waals surface area contributed by atoms with Gasteiger partial charge in [-0.1, -0.05) is 30.3 Å². The van der Waals surface area contributed by atoms with Gasteiger partial charge in [0.25, 0.3) is 12.3 Å². The number of nitrogens with zero attached hydrogens (tertiary/aromatic N) is 1. The molecule has 1 unspecified atom stereocenters. The molecular formula is C24H25F5N2O4S. The fraction of sp³-hybridized carbons (Fsp3) is 0.458. The monoisotopic (exact) mass is 532 g/mol. The summed E-state index contributed by atoms with van der Waals surface area (Å²) in [6, 6.07) is 5.48. The molecule has 1 saturated heterocycles. The van der Waals surface area contributed by atoms with Crippen LogP contribution in [0, 0.1) is 17.0 Å². The number of carbonyl (C=O) groups excluding carboxylic acids is 1. The van der Waals surface area contributed by atoms with Crippen molar-refractivity contribution in [1.29, 1.82) is 0 Å². The summed E-state index contributed by atoms with van der Waals surface area (Å²) in [4.78, 5) is 14.0. The quantitative estimate of drug-likeness (QED) is 0.511. The van der Waals surface area contributed by atoms with Gasteiger partial charge < -0.3 is 10.0 Å². The lowest BCUT2D eigenvalue weighted by Gasteiger charge is -2.33. The topological polar surface area (TPSA) is 86.7 Å². The van der Waals surface area contributed by atoms with E-state index in [9.17, 15) is 35.9 Å². The third kappa shape index (κ3) is 4.85. The standard InChI is InChI=1S/C24H25F5N2O4S/c1-23(33,21(28)29)22(32)31-12-24(8-9-24)20(30-36(34,35)13-25)18(31)11-15-5-3-7-17(19(15)27)14-4-2-6-16(26)10-14/h2-7,10,18,20-21,30,33H,8-9,11-13H2,1H3/t18-,20+,23?/m0/s1. The van der Waals surface area contributed by atoms with E-state index >= 15 is 4.39 Å². The van der Waals surface area contributed by atoms with E-state index in [0.717, 1.165) is 11.0 Å². The lowest BCUT2D eigenvalue weighted by atomic mass is 9.91.